The van der Waals surface area contributed by atoms with Gasteiger partial charge in [-0.1, -0.05) is 50.4 Å². The fourth-order valence-electron chi connectivity index (χ4n) is 2.88. The Bertz CT molecular complexity index is 770. The molecule has 1 amide bonds. The maximum Gasteiger partial charge on any atom is 0.341 e. The summed E-state index contributed by atoms with van der Waals surface area (Å²) in [5.74, 6) is -0.525. The van der Waals surface area contributed by atoms with Crippen LogP contribution in [0.4, 0.5) is 5.00 Å². The van der Waals surface area contributed by atoms with Gasteiger partial charge in [0, 0.05) is 21.9 Å². The van der Waals surface area contributed by atoms with E-state index < -0.39 is 5.97 Å². The summed E-state index contributed by atoms with van der Waals surface area (Å²) in [6, 6.07) is 7.27. The van der Waals surface area contributed by atoms with E-state index in [-0.39, 0.29) is 18.4 Å². The molecular weight excluding hydrogens is 382 g/mol. The third-order valence-corrected chi connectivity index (χ3v) is 5.58. The summed E-state index contributed by atoms with van der Waals surface area (Å²) in [6.45, 7) is 6.17. The first-order valence-corrected chi connectivity index (χ1v) is 10.6. The van der Waals surface area contributed by atoms with Crippen molar-refractivity contribution in [1.29, 1.82) is 0 Å². The monoisotopic (exact) mass is 407 g/mol. The zero-order chi connectivity index (χ0) is 19.8. The maximum atomic E-state index is 12.7. The third-order valence-electron chi connectivity index (χ3n) is 4.43. The Kier molecular flexibility index (Phi) is 8.32. The number of thiophene rings is 1. The molecule has 1 aromatic carbocycles. The Morgan fingerprint density at radius 3 is 2.48 bits per heavy atom. The predicted molar refractivity (Wildman–Crippen MR) is 113 cm³/mol. The van der Waals surface area contributed by atoms with Crippen molar-refractivity contribution in [3.8, 4) is 11.1 Å². The van der Waals surface area contributed by atoms with Gasteiger partial charge in [0.15, 0.2) is 0 Å². The lowest BCUT2D eigenvalue weighted by molar-refractivity contribution is -0.120. The number of unbranched alkanes of at least 4 members (excludes halogenated alkanes) is 1. The number of anilines is 1. The van der Waals surface area contributed by atoms with Crippen LogP contribution in [0.25, 0.3) is 11.1 Å². The maximum absolute atomic E-state index is 12.7. The van der Waals surface area contributed by atoms with Crippen LogP contribution in [-0.2, 0) is 9.53 Å². The van der Waals surface area contributed by atoms with Gasteiger partial charge in [0.1, 0.15) is 10.6 Å². The highest BCUT2D eigenvalue weighted by molar-refractivity contribution is 7.15. The van der Waals surface area contributed by atoms with E-state index in [4.69, 9.17) is 16.3 Å². The van der Waals surface area contributed by atoms with Gasteiger partial charge in [-0.25, -0.2) is 4.79 Å². The highest BCUT2D eigenvalue weighted by Gasteiger charge is 2.24. The van der Waals surface area contributed by atoms with Crippen LogP contribution in [-0.4, -0.2) is 18.5 Å². The molecule has 0 radical (unpaired) electrons. The number of carbonyl (C=O) groups excluding carboxylic acids is 2. The van der Waals surface area contributed by atoms with Crippen molar-refractivity contribution in [2.24, 2.45) is 5.92 Å². The van der Waals surface area contributed by atoms with Gasteiger partial charge in [-0.2, -0.15) is 0 Å². The van der Waals surface area contributed by atoms with Gasteiger partial charge in [0.05, 0.1) is 6.61 Å². The average Bonchev–Trinajstić information content (AvgIpc) is 3.06. The zero-order valence-electron chi connectivity index (χ0n) is 16.0. The average molecular weight is 408 g/mol. The second-order valence-electron chi connectivity index (χ2n) is 6.32. The smallest absolute Gasteiger partial charge is 0.341 e. The molecule has 0 spiro atoms. The Hall–Kier alpha value is -1.85. The largest absolute Gasteiger partial charge is 0.462 e. The summed E-state index contributed by atoms with van der Waals surface area (Å²) in [6.07, 6.45) is 3.69. The van der Waals surface area contributed by atoms with Crippen molar-refractivity contribution in [3.05, 3.63) is 40.2 Å². The number of hydrogen-bond donors (Lipinski definition) is 1. The van der Waals surface area contributed by atoms with Crippen LogP contribution in [0.1, 0.15) is 56.8 Å². The van der Waals surface area contributed by atoms with Crippen LogP contribution in [0, 0.1) is 5.92 Å². The lowest BCUT2D eigenvalue weighted by atomic mass is 9.98. The molecule has 6 heteroatoms. The van der Waals surface area contributed by atoms with Crippen LogP contribution in [0.15, 0.2) is 29.6 Å². The van der Waals surface area contributed by atoms with Crippen molar-refractivity contribution in [2.45, 2.75) is 46.5 Å². The number of halogens is 1. The third kappa shape index (κ3) is 5.56. The van der Waals surface area contributed by atoms with Crippen LogP contribution in [0.5, 0.6) is 0 Å². The molecule has 0 bridgehead atoms. The Balaban J connectivity index is 2.34. The summed E-state index contributed by atoms with van der Waals surface area (Å²) >= 11 is 7.32. The number of amides is 1. The van der Waals surface area contributed by atoms with Gasteiger partial charge in [0.2, 0.25) is 5.91 Å². The van der Waals surface area contributed by atoms with E-state index in [1.54, 1.807) is 19.1 Å². The first-order chi connectivity index (χ1) is 13.0. The standard InChI is InChI=1S/C21H26ClNO3S/c1-4-7-8-14(5-2)19(24)23-20-18(21(25)26-6-3)17(13-27-20)15-9-11-16(22)12-10-15/h9-14H,4-8H2,1-3H3,(H,23,24). The molecule has 27 heavy (non-hydrogen) atoms. The SMILES string of the molecule is CCCCC(CC)C(=O)Nc1scc(-c2ccc(Cl)cc2)c1C(=O)OCC. The molecule has 2 aromatic rings. The molecule has 0 aliphatic carbocycles. The lowest BCUT2D eigenvalue weighted by Gasteiger charge is -2.15. The van der Waals surface area contributed by atoms with Gasteiger partial charge >= 0.3 is 5.97 Å². The first-order valence-electron chi connectivity index (χ1n) is 9.37. The molecule has 0 saturated heterocycles. The van der Waals surface area contributed by atoms with Gasteiger partial charge in [-0.15, -0.1) is 11.3 Å². The summed E-state index contributed by atoms with van der Waals surface area (Å²) in [4.78, 5) is 25.3. The second-order valence-corrected chi connectivity index (χ2v) is 7.63. The molecule has 0 saturated carbocycles. The van der Waals surface area contributed by atoms with Gasteiger partial charge in [0.25, 0.3) is 0 Å². The van der Waals surface area contributed by atoms with Gasteiger partial charge < -0.3 is 10.1 Å². The minimum absolute atomic E-state index is 0.0407. The summed E-state index contributed by atoms with van der Waals surface area (Å²) < 4.78 is 5.24. The second kappa shape index (κ2) is 10.5. The molecule has 1 atom stereocenters. The molecule has 2 rings (SSSR count). The topological polar surface area (TPSA) is 55.4 Å². The lowest BCUT2D eigenvalue weighted by Crippen LogP contribution is -2.23. The van der Waals surface area contributed by atoms with E-state index in [9.17, 15) is 9.59 Å². The van der Waals surface area contributed by atoms with Crippen molar-refractivity contribution in [2.75, 3.05) is 11.9 Å². The predicted octanol–water partition coefficient (Wildman–Crippen LogP) is 6.40. The number of hydrogen-bond acceptors (Lipinski definition) is 4. The minimum atomic E-state index is -0.430. The molecule has 1 heterocycles. The molecular formula is C21H26ClNO3S. The van der Waals surface area contributed by atoms with Crippen LogP contribution in [0.2, 0.25) is 5.02 Å². The van der Waals surface area contributed by atoms with Crippen LogP contribution >= 0.6 is 22.9 Å². The van der Waals surface area contributed by atoms with Crippen molar-refractivity contribution >= 4 is 39.8 Å². The van der Waals surface area contributed by atoms with E-state index in [0.29, 0.717) is 15.6 Å². The molecule has 1 unspecified atom stereocenters. The number of benzene rings is 1. The van der Waals surface area contributed by atoms with Crippen LogP contribution in [0.3, 0.4) is 0 Å². The molecule has 1 N–H and O–H groups in total. The molecule has 0 aliphatic heterocycles. The Labute approximate surface area is 169 Å². The fraction of sp³-hybridized carbons (Fsp3) is 0.429. The van der Waals surface area contributed by atoms with Crippen LogP contribution < -0.4 is 5.32 Å². The number of rotatable bonds is 9. The first kappa shape index (κ1) is 21.5. The molecule has 0 fully saturated rings. The number of esters is 1. The summed E-state index contributed by atoms with van der Waals surface area (Å²) in [5.41, 5.74) is 2.01. The molecule has 146 valence electrons. The summed E-state index contributed by atoms with van der Waals surface area (Å²) in [7, 11) is 0. The van der Waals surface area contributed by atoms with Crippen molar-refractivity contribution in [3.63, 3.8) is 0 Å². The van der Waals surface area contributed by atoms with Crippen molar-refractivity contribution < 1.29 is 14.3 Å². The van der Waals surface area contributed by atoms with Crippen molar-refractivity contribution in [1.82, 2.24) is 0 Å². The van der Waals surface area contributed by atoms with E-state index in [2.05, 4.69) is 12.2 Å². The number of carbonyl (C=O) groups is 2. The minimum Gasteiger partial charge on any atom is -0.462 e. The quantitative estimate of drug-likeness (QED) is 0.489. The summed E-state index contributed by atoms with van der Waals surface area (Å²) in [5, 5.41) is 6.00. The highest BCUT2D eigenvalue weighted by Crippen LogP contribution is 2.37. The Morgan fingerprint density at radius 1 is 1.19 bits per heavy atom. The van der Waals surface area contributed by atoms with E-state index >= 15 is 0 Å². The van der Waals surface area contributed by atoms with Gasteiger partial charge in [-0.05, 0) is 37.5 Å². The highest BCUT2D eigenvalue weighted by atomic mass is 35.5. The fourth-order valence-corrected chi connectivity index (χ4v) is 3.97. The molecule has 1 aromatic heterocycles. The Morgan fingerprint density at radius 2 is 1.89 bits per heavy atom. The normalized spacial score (nSPS) is 11.9. The molecule has 0 aliphatic rings. The van der Waals surface area contributed by atoms with E-state index in [0.717, 1.165) is 36.8 Å². The van der Waals surface area contributed by atoms with E-state index in [1.165, 1.54) is 11.3 Å². The molecule has 4 nitrogen and oxygen atoms in total. The van der Waals surface area contributed by atoms with E-state index in [1.807, 2.05) is 24.4 Å². The number of ether oxygens (including phenoxy) is 1. The number of nitrogens with one attached hydrogen (secondary N) is 1. The van der Waals surface area contributed by atoms with Gasteiger partial charge in [-0.3, -0.25) is 4.79 Å². The zero-order valence-corrected chi connectivity index (χ0v) is 17.6.